The second-order valence-electron chi connectivity index (χ2n) is 6.91. The Labute approximate surface area is 197 Å². The fourth-order valence-corrected chi connectivity index (χ4v) is 4.56. The van der Waals surface area contributed by atoms with Crippen LogP contribution in [0.15, 0.2) is 88.9 Å². The molecule has 0 radical (unpaired) electrons. The minimum Gasteiger partial charge on any atom is -0.492 e. The lowest BCUT2D eigenvalue weighted by Gasteiger charge is -2.25. The van der Waals surface area contributed by atoms with Crippen LogP contribution in [0.4, 0.5) is 5.69 Å². The van der Waals surface area contributed by atoms with Crippen molar-refractivity contribution in [3.63, 3.8) is 0 Å². The summed E-state index contributed by atoms with van der Waals surface area (Å²) in [7, 11) is -4.12. The zero-order valence-electron chi connectivity index (χ0n) is 18.3. The average Bonchev–Trinajstić information content (AvgIpc) is 2.84. The molecular formula is C24H23N3O6S. The van der Waals surface area contributed by atoms with Crippen LogP contribution in [-0.2, 0) is 14.8 Å². The first kappa shape index (κ1) is 24.5. The van der Waals surface area contributed by atoms with Crippen molar-refractivity contribution in [1.29, 1.82) is 0 Å². The van der Waals surface area contributed by atoms with Gasteiger partial charge in [0.2, 0.25) is 0 Å². The number of carboxylic acid groups (broad SMARTS) is 1. The number of ether oxygens (including phenoxy) is 1. The number of hydrogen-bond donors (Lipinski definition) is 2. The summed E-state index contributed by atoms with van der Waals surface area (Å²) in [5.74, 6) is -1.56. The van der Waals surface area contributed by atoms with E-state index in [1.54, 1.807) is 61.5 Å². The number of aromatic carboxylic acids is 1. The second-order valence-corrected chi connectivity index (χ2v) is 8.77. The molecule has 10 heteroatoms. The van der Waals surface area contributed by atoms with Crippen LogP contribution in [0.3, 0.4) is 0 Å². The molecule has 0 fully saturated rings. The number of carboxylic acids is 1. The third-order valence-electron chi connectivity index (χ3n) is 4.64. The minimum atomic E-state index is -4.12. The predicted molar refractivity (Wildman–Crippen MR) is 128 cm³/mol. The zero-order chi connectivity index (χ0) is 24.6. The van der Waals surface area contributed by atoms with Gasteiger partial charge in [-0.15, -0.1) is 0 Å². The molecule has 3 aromatic carbocycles. The Morgan fingerprint density at radius 3 is 2.35 bits per heavy atom. The van der Waals surface area contributed by atoms with Gasteiger partial charge in [0.25, 0.3) is 15.9 Å². The largest absolute Gasteiger partial charge is 0.492 e. The molecule has 0 saturated heterocycles. The molecule has 0 atom stereocenters. The lowest BCUT2D eigenvalue weighted by Crippen LogP contribution is -2.39. The number of nitrogens with one attached hydrogen (secondary N) is 1. The van der Waals surface area contributed by atoms with Gasteiger partial charge in [-0.3, -0.25) is 9.10 Å². The summed E-state index contributed by atoms with van der Waals surface area (Å²) in [6.45, 7) is 1.48. The number of nitrogens with zero attached hydrogens (tertiary/aromatic N) is 2. The Morgan fingerprint density at radius 1 is 1.00 bits per heavy atom. The van der Waals surface area contributed by atoms with E-state index in [0.717, 1.165) is 4.31 Å². The number of carbonyl (C=O) groups excluding carboxylic acids is 1. The maximum atomic E-state index is 13.4. The van der Waals surface area contributed by atoms with E-state index in [4.69, 9.17) is 4.74 Å². The predicted octanol–water partition coefficient (Wildman–Crippen LogP) is 3.13. The Morgan fingerprint density at radius 2 is 1.65 bits per heavy atom. The molecule has 34 heavy (non-hydrogen) atoms. The lowest BCUT2D eigenvalue weighted by atomic mass is 10.1. The molecule has 1 amide bonds. The smallest absolute Gasteiger partial charge is 0.336 e. The van der Waals surface area contributed by atoms with Crippen LogP contribution in [0.5, 0.6) is 5.75 Å². The van der Waals surface area contributed by atoms with E-state index in [0.29, 0.717) is 12.4 Å². The van der Waals surface area contributed by atoms with Gasteiger partial charge >= 0.3 is 5.97 Å². The molecule has 176 valence electrons. The SMILES string of the molecule is CCOc1ccccc1N(CC(=O)N/N=C\c1ccccc1C(=O)O)S(=O)(=O)c1ccccc1. The number of hydrazone groups is 1. The molecule has 0 aromatic heterocycles. The van der Waals surface area contributed by atoms with Crippen molar-refractivity contribution in [1.82, 2.24) is 5.43 Å². The Hall–Kier alpha value is -4.18. The number of anilines is 1. The van der Waals surface area contributed by atoms with Crippen LogP contribution >= 0.6 is 0 Å². The molecule has 0 aliphatic rings. The van der Waals surface area contributed by atoms with Crippen LogP contribution in [-0.4, -0.2) is 44.8 Å². The summed E-state index contributed by atoms with van der Waals surface area (Å²) in [5.41, 5.74) is 2.76. The highest BCUT2D eigenvalue weighted by atomic mass is 32.2. The lowest BCUT2D eigenvalue weighted by molar-refractivity contribution is -0.119. The van der Waals surface area contributed by atoms with Gasteiger partial charge in [-0.2, -0.15) is 5.10 Å². The minimum absolute atomic E-state index is 0.00740. The van der Waals surface area contributed by atoms with E-state index in [-0.39, 0.29) is 21.7 Å². The van der Waals surface area contributed by atoms with Crippen LogP contribution in [0.1, 0.15) is 22.8 Å². The van der Waals surface area contributed by atoms with Crippen LogP contribution < -0.4 is 14.5 Å². The van der Waals surface area contributed by atoms with Crippen molar-refractivity contribution in [2.45, 2.75) is 11.8 Å². The van der Waals surface area contributed by atoms with Crippen molar-refractivity contribution in [3.8, 4) is 5.75 Å². The molecule has 3 rings (SSSR count). The van der Waals surface area contributed by atoms with Crippen molar-refractivity contribution in [2.24, 2.45) is 5.10 Å². The van der Waals surface area contributed by atoms with Crippen LogP contribution in [0, 0.1) is 0 Å². The first-order valence-electron chi connectivity index (χ1n) is 10.3. The van der Waals surface area contributed by atoms with Crippen molar-refractivity contribution in [3.05, 3.63) is 90.0 Å². The highest BCUT2D eigenvalue weighted by Gasteiger charge is 2.29. The van der Waals surface area contributed by atoms with E-state index < -0.39 is 28.4 Å². The van der Waals surface area contributed by atoms with Gasteiger partial charge in [-0.05, 0) is 37.3 Å². The monoisotopic (exact) mass is 481 g/mol. The number of para-hydroxylation sites is 2. The van der Waals surface area contributed by atoms with Crippen LogP contribution in [0.25, 0.3) is 0 Å². The van der Waals surface area contributed by atoms with Crippen LogP contribution in [0.2, 0.25) is 0 Å². The maximum absolute atomic E-state index is 13.4. The van der Waals surface area contributed by atoms with E-state index >= 15 is 0 Å². The Balaban J connectivity index is 1.89. The second kappa shape index (κ2) is 11.1. The first-order valence-corrected chi connectivity index (χ1v) is 11.7. The summed E-state index contributed by atoms with van der Waals surface area (Å²) < 4.78 is 33.4. The molecule has 0 unspecified atom stereocenters. The number of hydrogen-bond acceptors (Lipinski definition) is 6. The molecular weight excluding hydrogens is 458 g/mol. The molecule has 0 bridgehead atoms. The fraction of sp³-hybridized carbons (Fsp3) is 0.125. The highest BCUT2D eigenvalue weighted by molar-refractivity contribution is 7.92. The van der Waals surface area contributed by atoms with E-state index in [1.165, 1.54) is 30.5 Å². The third-order valence-corrected chi connectivity index (χ3v) is 6.41. The number of amides is 1. The molecule has 2 N–H and O–H groups in total. The summed E-state index contributed by atoms with van der Waals surface area (Å²) in [5, 5.41) is 13.1. The summed E-state index contributed by atoms with van der Waals surface area (Å²) in [6, 6.07) is 20.4. The number of sulfonamides is 1. The van der Waals surface area contributed by atoms with Gasteiger partial charge in [-0.25, -0.2) is 18.6 Å². The fourth-order valence-electron chi connectivity index (χ4n) is 3.10. The molecule has 0 heterocycles. The van der Waals surface area contributed by atoms with E-state index in [9.17, 15) is 23.1 Å². The quantitative estimate of drug-likeness (QED) is 0.339. The van der Waals surface area contributed by atoms with Gasteiger partial charge in [0.15, 0.2) is 0 Å². The molecule has 0 spiro atoms. The maximum Gasteiger partial charge on any atom is 0.336 e. The third kappa shape index (κ3) is 5.78. The Kier molecular flexibility index (Phi) is 7.99. The van der Waals surface area contributed by atoms with E-state index in [1.807, 2.05) is 0 Å². The Bertz CT molecular complexity index is 1290. The number of rotatable bonds is 10. The standard InChI is InChI=1S/C24H23N3O6S/c1-2-33-22-15-9-8-14-21(22)27(34(31,32)19-11-4-3-5-12-19)17-23(28)26-25-16-18-10-6-7-13-20(18)24(29)30/h3-16H,2,17H2,1H3,(H,26,28)(H,29,30)/b25-16-. The van der Waals surface area contributed by atoms with Gasteiger partial charge in [0.1, 0.15) is 12.3 Å². The van der Waals surface area contributed by atoms with Crippen molar-refractivity contribution in [2.75, 3.05) is 17.5 Å². The molecule has 0 saturated carbocycles. The zero-order valence-corrected chi connectivity index (χ0v) is 19.1. The highest BCUT2D eigenvalue weighted by Crippen LogP contribution is 2.32. The van der Waals surface area contributed by atoms with Gasteiger partial charge in [-0.1, -0.05) is 48.5 Å². The summed E-state index contributed by atoms with van der Waals surface area (Å²) >= 11 is 0. The van der Waals surface area contributed by atoms with Gasteiger partial charge in [0.05, 0.1) is 29.0 Å². The molecule has 0 aliphatic heterocycles. The molecule has 9 nitrogen and oxygen atoms in total. The van der Waals surface area contributed by atoms with E-state index in [2.05, 4.69) is 10.5 Å². The topological polar surface area (TPSA) is 125 Å². The summed E-state index contributed by atoms with van der Waals surface area (Å²) in [6.07, 6.45) is 1.19. The number of benzene rings is 3. The van der Waals surface area contributed by atoms with Gasteiger partial charge < -0.3 is 9.84 Å². The molecule has 0 aliphatic carbocycles. The number of carbonyl (C=O) groups is 2. The summed E-state index contributed by atoms with van der Waals surface area (Å²) in [4.78, 5) is 24.0. The average molecular weight is 482 g/mol. The van der Waals surface area contributed by atoms with Gasteiger partial charge in [0, 0.05) is 5.56 Å². The molecule has 3 aromatic rings. The normalized spacial score (nSPS) is 11.2. The first-order chi connectivity index (χ1) is 16.3. The van der Waals surface area contributed by atoms with Crippen molar-refractivity contribution < 1.29 is 27.9 Å². The van der Waals surface area contributed by atoms with Crippen molar-refractivity contribution >= 4 is 33.8 Å².